The first kappa shape index (κ1) is 23.5. The summed E-state index contributed by atoms with van der Waals surface area (Å²) in [7, 11) is 0. The second-order valence-electron chi connectivity index (χ2n) is 9.64. The first-order chi connectivity index (χ1) is 17.0. The van der Waals surface area contributed by atoms with Crippen LogP contribution in [-0.4, -0.2) is 54.3 Å². The van der Waals surface area contributed by atoms with Gasteiger partial charge in [0, 0.05) is 43.2 Å². The highest BCUT2D eigenvalue weighted by molar-refractivity contribution is 7.10. The van der Waals surface area contributed by atoms with Gasteiger partial charge in [-0.05, 0) is 41.1 Å². The zero-order valence-electron chi connectivity index (χ0n) is 20.1. The summed E-state index contributed by atoms with van der Waals surface area (Å²) in [5.41, 5.74) is 1.99. The van der Waals surface area contributed by atoms with Gasteiger partial charge in [-0.15, -0.1) is 11.3 Å². The standard InChI is InChI=1S/C28H30FN3O2S/c1-19(2)18-32-26(24-12-7-17-35-24)25(20-8-3-4-9-21(20)27(32)33)28(34)31-15-13-30(14-16-31)23-11-6-5-10-22(23)29/h3-12,17,19,25-26H,13-16,18H2,1-2H3/t25-,26+/m0/s1. The maximum absolute atomic E-state index is 14.3. The Morgan fingerprint density at radius 1 is 1.00 bits per heavy atom. The molecule has 2 amide bonds. The van der Waals surface area contributed by atoms with Crippen LogP contribution in [0.2, 0.25) is 0 Å². The molecule has 0 saturated carbocycles. The summed E-state index contributed by atoms with van der Waals surface area (Å²) in [5, 5.41) is 2.00. The first-order valence-electron chi connectivity index (χ1n) is 12.2. The first-order valence-corrected chi connectivity index (χ1v) is 13.0. The number of nitrogens with zero attached hydrogens (tertiary/aromatic N) is 3. The molecule has 3 aromatic rings. The molecule has 0 unspecified atom stereocenters. The Kier molecular flexibility index (Phi) is 6.60. The summed E-state index contributed by atoms with van der Waals surface area (Å²) >= 11 is 1.59. The van der Waals surface area contributed by atoms with E-state index < -0.39 is 5.92 Å². The van der Waals surface area contributed by atoms with E-state index in [2.05, 4.69) is 13.8 Å². The molecule has 5 rings (SSSR count). The Morgan fingerprint density at radius 2 is 1.71 bits per heavy atom. The van der Waals surface area contributed by atoms with Gasteiger partial charge in [0.05, 0.1) is 17.6 Å². The predicted octanol–water partition coefficient (Wildman–Crippen LogP) is 5.17. The minimum atomic E-state index is -0.471. The lowest BCUT2D eigenvalue weighted by atomic mass is 9.80. The molecule has 7 heteroatoms. The SMILES string of the molecule is CC(C)CN1C(=O)c2ccccc2[C@H](C(=O)N2CCN(c3ccccc3F)CC2)[C@H]1c1cccs1. The normalized spacial score (nSPS) is 20.3. The van der Waals surface area contributed by atoms with Crippen molar-refractivity contribution < 1.29 is 14.0 Å². The third-order valence-electron chi connectivity index (χ3n) is 6.89. The van der Waals surface area contributed by atoms with Crippen LogP contribution < -0.4 is 4.90 Å². The Balaban J connectivity index is 1.47. The quantitative estimate of drug-likeness (QED) is 0.495. The van der Waals surface area contributed by atoms with Gasteiger partial charge in [-0.1, -0.05) is 50.2 Å². The number of hydrogen-bond acceptors (Lipinski definition) is 4. The Hall–Kier alpha value is -3.19. The van der Waals surface area contributed by atoms with E-state index >= 15 is 0 Å². The number of anilines is 1. The van der Waals surface area contributed by atoms with Crippen molar-refractivity contribution in [3.8, 4) is 0 Å². The van der Waals surface area contributed by atoms with Gasteiger partial charge in [-0.3, -0.25) is 9.59 Å². The minimum Gasteiger partial charge on any atom is -0.366 e. The molecule has 1 aromatic heterocycles. The highest BCUT2D eigenvalue weighted by Crippen LogP contribution is 2.45. The van der Waals surface area contributed by atoms with E-state index in [0.717, 1.165) is 10.4 Å². The fourth-order valence-electron chi connectivity index (χ4n) is 5.30. The molecular formula is C28H30FN3O2S. The molecule has 0 spiro atoms. The summed E-state index contributed by atoms with van der Waals surface area (Å²) < 4.78 is 14.3. The molecule has 2 aliphatic heterocycles. The Morgan fingerprint density at radius 3 is 2.40 bits per heavy atom. The van der Waals surface area contributed by atoms with Crippen molar-refractivity contribution in [3.05, 3.63) is 87.9 Å². The lowest BCUT2D eigenvalue weighted by molar-refractivity contribution is -0.135. The average Bonchev–Trinajstić information content (AvgIpc) is 3.40. The molecule has 2 aliphatic rings. The van der Waals surface area contributed by atoms with E-state index in [1.807, 2.05) is 62.5 Å². The van der Waals surface area contributed by atoms with Crippen LogP contribution in [0.5, 0.6) is 0 Å². The van der Waals surface area contributed by atoms with Crippen LogP contribution in [0.15, 0.2) is 66.0 Å². The summed E-state index contributed by atoms with van der Waals surface area (Å²) in [6.07, 6.45) is 0. The number of para-hydroxylation sites is 1. The Labute approximate surface area is 209 Å². The molecule has 3 heterocycles. The van der Waals surface area contributed by atoms with Gasteiger partial charge in [0.25, 0.3) is 5.91 Å². The van der Waals surface area contributed by atoms with Crippen molar-refractivity contribution in [2.24, 2.45) is 5.92 Å². The number of rotatable bonds is 5. The van der Waals surface area contributed by atoms with Crippen LogP contribution in [0.1, 0.15) is 46.6 Å². The topological polar surface area (TPSA) is 43.9 Å². The molecule has 182 valence electrons. The summed E-state index contributed by atoms with van der Waals surface area (Å²) in [6.45, 7) is 6.94. The molecule has 0 aliphatic carbocycles. The fraction of sp³-hybridized carbons (Fsp3) is 0.357. The molecule has 1 fully saturated rings. The van der Waals surface area contributed by atoms with Gasteiger partial charge in [-0.25, -0.2) is 4.39 Å². The molecular weight excluding hydrogens is 461 g/mol. The number of fused-ring (bicyclic) bond motifs is 1. The van der Waals surface area contributed by atoms with Crippen LogP contribution in [-0.2, 0) is 4.79 Å². The number of piperazine rings is 1. The number of hydrogen-bond donors (Lipinski definition) is 0. The highest BCUT2D eigenvalue weighted by atomic mass is 32.1. The van der Waals surface area contributed by atoms with Crippen molar-refractivity contribution in [2.75, 3.05) is 37.6 Å². The van der Waals surface area contributed by atoms with Crippen LogP contribution in [0, 0.1) is 11.7 Å². The second kappa shape index (κ2) is 9.82. The van der Waals surface area contributed by atoms with Gasteiger partial charge in [0.15, 0.2) is 0 Å². The van der Waals surface area contributed by atoms with Crippen LogP contribution in [0.3, 0.4) is 0 Å². The number of halogens is 1. The summed E-state index contributed by atoms with van der Waals surface area (Å²) in [4.78, 5) is 34.6. The van der Waals surface area contributed by atoms with E-state index in [0.29, 0.717) is 44.0 Å². The van der Waals surface area contributed by atoms with Crippen molar-refractivity contribution >= 4 is 28.8 Å². The molecule has 35 heavy (non-hydrogen) atoms. The number of thiophene rings is 1. The molecule has 1 saturated heterocycles. The number of benzene rings is 2. The lowest BCUT2D eigenvalue weighted by Crippen LogP contribution is -2.53. The zero-order valence-corrected chi connectivity index (χ0v) is 20.9. The van der Waals surface area contributed by atoms with E-state index in [-0.39, 0.29) is 29.6 Å². The van der Waals surface area contributed by atoms with E-state index in [9.17, 15) is 14.0 Å². The third kappa shape index (κ3) is 4.45. The monoisotopic (exact) mass is 491 g/mol. The van der Waals surface area contributed by atoms with Crippen molar-refractivity contribution in [1.82, 2.24) is 9.80 Å². The van der Waals surface area contributed by atoms with Crippen LogP contribution >= 0.6 is 11.3 Å². The highest BCUT2D eigenvalue weighted by Gasteiger charge is 2.46. The smallest absolute Gasteiger partial charge is 0.254 e. The second-order valence-corrected chi connectivity index (χ2v) is 10.6. The predicted molar refractivity (Wildman–Crippen MR) is 137 cm³/mol. The number of carbonyl (C=O) groups is 2. The fourth-order valence-corrected chi connectivity index (χ4v) is 6.18. The van der Waals surface area contributed by atoms with Crippen molar-refractivity contribution in [1.29, 1.82) is 0 Å². The van der Waals surface area contributed by atoms with Crippen molar-refractivity contribution in [2.45, 2.75) is 25.8 Å². The maximum atomic E-state index is 14.3. The largest absolute Gasteiger partial charge is 0.366 e. The average molecular weight is 492 g/mol. The Bertz CT molecular complexity index is 1200. The van der Waals surface area contributed by atoms with Gasteiger partial charge in [0.2, 0.25) is 5.91 Å². The van der Waals surface area contributed by atoms with Gasteiger partial charge < -0.3 is 14.7 Å². The number of carbonyl (C=O) groups excluding carboxylic acids is 2. The number of amides is 2. The maximum Gasteiger partial charge on any atom is 0.254 e. The minimum absolute atomic E-state index is 0.0128. The van der Waals surface area contributed by atoms with Gasteiger partial charge in [-0.2, -0.15) is 0 Å². The van der Waals surface area contributed by atoms with Crippen LogP contribution in [0.25, 0.3) is 0 Å². The van der Waals surface area contributed by atoms with Crippen molar-refractivity contribution in [3.63, 3.8) is 0 Å². The molecule has 2 atom stereocenters. The van der Waals surface area contributed by atoms with E-state index in [1.54, 1.807) is 23.5 Å². The molecule has 5 nitrogen and oxygen atoms in total. The van der Waals surface area contributed by atoms with Gasteiger partial charge in [0.1, 0.15) is 5.82 Å². The summed E-state index contributed by atoms with van der Waals surface area (Å²) in [5.74, 6) is -0.423. The molecule has 0 radical (unpaired) electrons. The van der Waals surface area contributed by atoms with Crippen LogP contribution in [0.4, 0.5) is 10.1 Å². The zero-order chi connectivity index (χ0) is 24.5. The molecule has 2 aromatic carbocycles. The third-order valence-corrected chi connectivity index (χ3v) is 7.83. The van der Waals surface area contributed by atoms with E-state index in [1.165, 1.54) is 6.07 Å². The van der Waals surface area contributed by atoms with Gasteiger partial charge >= 0.3 is 0 Å². The molecule has 0 N–H and O–H groups in total. The van der Waals surface area contributed by atoms with E-state index in [4.69, 9.17) is 0 Å². The summed E-state index contributed by atoms with van der Waals surface area (Å²) in [6, 6.07) is 18.0. The lowest BCUT2D eigenvalue weighted by Gasteiger charge is -2.44. The molecule has 0 bridgehead atoms.